The minimum atomic E-state index is -0.801. The summed E-state index contributed by atoms with van der Waals surface area (Å²) in [5.41, 5.74) is 1.97. The van der Waals surface area contributed by atoms with E-state index in [2.05, 4.69) is 15.3 Å². The molecule has 0 spiro atoms. The van der Waals surface area contributed by atoms with Gasteiger partial charge < -0.3 is 10.2 Å². The number of hydrogen-bond acceptors (Lipinski definition) is 4. The van der Waals surface area contributed by atoms with E-state index >= 15 is 0 Å². The van der Waals surface area contributed by atoms with E-state index in [0.29, 0.717) is 0 Å². The van der Waals surface area contributed by atoms with Gasteiger partial charge in [-0.15, -0.1) is 0 Å². The molecule has 6 heteroatoms. The average Bonchev–Trinajstić information content (AvgIpc) is 2.32. The number of hydrogen-bond donors (Lipinski definition) is 1. The maximum absolute atomic E-state index is 13.4. The Morgan fingerprint density at radius 2 is 2.31 bits per heavy atom. The fraction of sp³-hybridized carbons (Fsp3) is 0.400. The molecule has 1 atom stereocenters. The van der Waals surface area contributed by atoms with Gasteiger partial charge in [-0.25, -0.2) is 9.18 Å². The Morgan fingerprint density at radius 3 is 2.94 bits per heavy atom. The van der Waals surface area contributed by atoms with E-state index in [0.717, 1.165) is 7.11 Å². The first-order chi connectivity index (χ1) is 7.56. The Bertz CT molecular complexity index is 375. The smallest absolute Gasteiger partial charge is 0.340 e. The first-order valence-electron chi connectivity index (χ1n) is 4.67. The van der Waals surface area contributed by atoms with Crippen molar-refractivity contribution < 1.29 is 18.3 Å². The zero-order valence-corrected chi connectivity index (χ0v) is 8.96. The van der Waals surface area contributed by atoms with Gasteiger partial charge in [-0.1, -0.05) is 13.0 Å². The number of halogens is 2. The molecule has 0 fully saturated rings. The van der Waals surface area contributed by atoms with Crippen LogP contribution in [0.3, 0.4) is 0 Å². The number of methoxy groups -OCH3 is 1. The maximum Gasteiger partial charge on any atom is 0.340 e. The molecule has 16 heavy (non-hydrogen) atoms. The molecule has 4 nitrogen and oxygen atoms in total. The highest BCUT2D eigenvalue weighted by Crippen LogP contribution is 2.13. The van der Waals surface area contributed by atoms with Crippen molar-refractivity contribution in [3.05, 3.63) is 23.6 Å². The number of esters is 1. The summed E-state index contributed by atoms with van der Waals surface area (Å²) in [5.74, 6) is -2.84. The van der Waals surface area contributed by atoms with Crippen molar-refractivity contribution >= 4 is 11.9 Å². The molecule has 1 aliphatic heterocycles. The Morgan fingerprint density at radius 1 is 1.62 bits per heavy atom. The minimum absolute atomic E-state index is 0.230. The molecule has 0 bridgehead atoms. The lowest BCUT2D eigenvalue weighted by Gasteiger charge is -2.02. The summed E-state index contributed by atoms with van der Waals surface area (Å²) in [7, 11) is 1.15. The van der Waals surface area contributed by atoms with E-state index in [9.17, 15) is 13.6 Å². The summed E-state index contributed by atoms with van der Waals surface area (Å²) < 4.78 is 31.0. The van der Waals surface area contributed by atoms with Crippen molar-refractivity contribution in [3.63, 3.8) is 0 Å². The molecule has 0 radical (unpaired) electrons. The van der Waals surface area contributed by atoms with Crippen molar-refractivity contribution in [2.24, 2.45) is 11.0 Å². The SMILES string of the molecule is COC(=O)C1=C(F)CN/N=C(/F)C(C)C=C1. The standard InChI is InChI=1S/C10H12F2N2O2/c1-6-3-4-7(10(15)16-2)8(11)5-13-14-9(6)12/h3-4,6,13H,5H2,1-2H3/b4-3?,8-7?,14-9+. The molecule has 88 valence electrons. The number of carbonyl (C=O) groups excluding carboxylic acids is 1. The van der Waals surface area contributed by atoms with Crippen molar-refractivity contribution in [2.75, 3.05) is 13.7 Å². The quantitative estimate of drug-likeness (QED) is 0.694. The number of ether oxygens (including phenoxy) is 1. The number of nitrogens with one attached hydrogen (secondary N) is 1. The number of nitrogens with zero attached hydrogens (tertiary/aromatic N) is 1. The van der Waals surface area contributed by atoms with Gasteiger partial charge in [0.15, 0.2) is 0 Å². The zero-order chi connectivity index (χ0) is 12.1. The van der Waals surface area contributed by atoms with E-state index in [-0.39, 0.29) is 12.1 Å². The van der Waals surface area contributed by atoms with Gasteiger partial charge in [0.25, 0.3) is 0 Å². The van der Waals surface area contributed by atoms with Crippen LogP contribution in [0.25, 0.3) is 0 Å². The third-order valence-electron chi connectivity index (χ3n) is 2.04. The van der Waals surface area contributed by atoms with Crippen LogP contribution in [0.15, 0.2) is 28.7 Å². The molecule has 0 aliphatic carbocycles. The minimum Gasteiger partial charge on any atom is -0.465 e. The normalized spacial score (nSPS) is 24.8. The predicted octanol–water partition coefficient (Wildman–Crippen LogP) is 1.46. The molecule has 1 heterocycles. The number of hydrazone groups is 1. The fourth-order valence-corrected chi connectivity index (χ4v) is 1.08. The van der Waals surface area contributed by atoms with E-state index < -0.39 is 23.7 Å². The molecule has 0 amide bonds. The van der Waals surface area contributed by atoms with Gasteiger partial charge in [0.1, 0.15) is 5.83 Å². The number of allylic oxidation sites excluding steroid dienone is 1. The predicted molar refractivity (Wildman–Crippen MR) is 55.0 cm³/mol. The van der Waals surface area contributed by atoms with Crippen LogP contribution in [-0.4, -0.2) is 25.6 Å². The number of rotatable bonds is 1. The summed E-state index contributed by atoms with van der Waals surface area (Å²) in [6.45, 7) is 1.18. The van der Waals surface area contributed by atoms with Gasteiger partial charge >= 0.3 is 5.97 Å². The van der Waals surface area contributed by atoms with Crippen LogP contribution in [0, 0.1) is 5.92 Å². The van der Waals surface area contributed by atoms with Gasteiger partial charge in [0, 0.05) is 5.92 Å². The lowest BCUT2D eigenvalue weighted by atomic mass is 10.1. The Labute approximate surface area is 91.7 Å². The molecular weight excluding hydrogens is 218 g/mol. The Hall–Kier alpha value is -1.72. The van der Waals surface area contributed by atoms with E-state index in [1.807, 2.05) is 0 Å². The van der Waals surface area contributed by atoms with Crippen LogP contribution in [-0.2, 0) is 9.53 Å². The molecule has 1 rings (SSSR count). The molecule has 1 aliphatic rings. The van der Waals surface area contributed by atoms with Crippen molar-refractivity contribution in [1.82, 2.24) is 5.43 Å². The lowest BCUT2D eigenvalue weighted by molar-refractivity contribution is -0.135. The van der Waals surface area contributed by atoms with E-state index in [1.54, 1.807) is 0 Å². The third kappa shape index (κ3) is 2.88. The third-order valence-corrected chi connectivity index (χ3v) is 2.04. The maximum atomic E-state index is 13.4. The second-order valence-corrected chi connectivity index (χ2v) is 3.23. The highest BCUT2D eigenvalue weighted by Gasteiger charge is 2.16. The van der Waals surface area contributed by atoms with Crippen LogP contribution >= 0.6 is 0 Å². The van der Waals surface area contributed by atoms with E-state index in [4.69, 9.17) is 0 Å². The van der Waals surface area contributed by atoms with Gasteiger partial charge in [0.05, 0.1) is 19.2 Å². The molecule has 1 N–H and O–H groups in total. The van der Waals surface area contributed by atoms with Crippen molar-refractivity contribution in [2.45, 2.75) is 6.92 Å². The average molecular weight is 230 g/mol. The Balaban J connectivity index is 3.03. The van der Waals surface area contributed by atoms with Gasteiger partial charge in [-0.05, 0) is 6.08 Å². The highest BCUT2D eigenvalue weighted by atomic mass is 19.1. The van der Waals surface area contributed by atoms with Gasteiger partial charge in [-0.3, -0.25) is 0 Å². The van der Waals surface area contributed by atoms with Crippen LogP contribution in [0.2, 0.25) is 0 Å². The van der Waals surface area contributed by atoms with Crippen LogP contribution in [0.5, 0.6) is 0 Å². The first kappa shape index (κ1) is 12.4. The fourth-order valence-electron chi connectivity index (χ4n) is 1.08. The van der Waals surface area contributed by atoms with E-state index in [1.165, 1.54) is 19.1 Å². The molecule has 1 unspecified atom stereocenters. The molecule has 0 aromatic rings. The summed E-state index contributed by atoms with van der Waals surface area (Å²) in [6, 6.07) is 0. The monoisotopic (exact) mass is 230 g/mol. The summed E-state index contributed by atoms with van der Waals surface area (Å²) in [6.07, 6.45) is 2.55. The molecule has 0 saturated carbocycles. The Kier molecular flexibility index (Phi) is 4.16. The van der Waals surface area contributed by atoms with Crippen LogP contribution in [0.4, 0.5) is 8.78 Å². The molecule has 0 saturated heterocycles. The van der Waals surface area contributed by atoms with Crippen LogP contribution in [0.1, 0.15) is 6.92 Å². The first-order valence-corrected chi connectivity index (χ1v) is 4.67. The zero-order valence-electron chi connectivity index (χ0n) is 8.96. The highest BCUT2D eigenvalue weighted by molar-refractivity contribution is 5.92. The number of carbonyl (C=O) groups is 1. The second kappa shape index (κ2) is 5.39. The van der Waals surface area contributed by atoms with Crippen LogP contribution < -0.4 is 5.43 Å². The second-order valence-electron chi connectivity index (χ2n) is 3.23. The molecular formula is C10H12F2N2O2. The summed E-state index contributed by atoms with van der Waals surface area (Å²) in [4.78, 5) is 11.2. The molecule has 0 aromatic carbocycles. The van der Waals surface area contributed by atoms with Crippen molar-refractivity contribution in [1.29, 1.82) is 0 Å². The van der Waals surface area contributed by atoms with Gasteiger partial charge in [-0.2, -0.15) is 9.49 Å². The van der Waals surface area contributed by atoms with Gasteiger partial charge in [0.2, 0.25) is 5.97 Å². The lowest BCUT2D eigenvalue weighted by Crippen LogP contribution is -2.14. The van der Waals surface area contributed by atoms with Crippen molar-refractivity contribution in [3.8, 4) is 0 Å². The topological polar surface area (TPSA) is 50.7 Å². The summed E-state index contributed by atoms with van der Waals surface area (Å²) >= 11 is 0. The summed E-state index contributed by atoms with van der Waals surface area (Å²) in [5, 5.41) is 3.32. The largest absolute Gasteiger partial charge is 0.465 e. The molecule has 0 aromatic heterocycles.